The molecule has 0 aromatic carbocycles. The van der Waals surface area contributed by atoms with Crippen LogP contribution in [-0.2, 0) is 6.18 Å². The molecule has 2 fully saturated rings. The Kier molecular flexibility index (Phi) is 3.31. The van der Waals surface area contributed by atoms with Gasteiger partial charge in [0.2, 0.25) is 11.8 Å². The number of hydrogen-bond donors (Lipinski definition) is 2. The highest BCUT2D eigenvalue weighted by Crippen LogP contribution is 2.32. The lowest BCUT2D eigenvalue weighted by atomic mass is 10.0. The molecule has 1 aliphatic heterocycles. The number of rotatable bonds is 2. The molecule has 2 bridgehead atoms. The molecule has 21 heavy (non-hydrogen) atoms. The summed E-state index contributed by atoms with van der Waals surface area (Å²) in [6.45, 7) is 0.790. The van der Waals surface area contributed by atoms with Crippen molar-refractivity contribution in [1.82, 2.24) is 20.6 Å². The SMILES string of the molecule is O=C(NC1CC2CC1CN2)c1ncc(C(F)(F)F)c(F)n1. The molecule has 0 radical (unpaired) electrons. The van der Waals surface area contributed by atoms with Crippen LogP contribution < -0.4 is 10.6 Å². The quantitative estimate of drug-likeness (QED) is 0.634. The minimum atomic E-state index is -4.88. The van der Waals surface area contributed by atoms with Crippen LogP contribution in [0, 0.1) is 11.9 Å². The van der Waals surface area contributed by atoms with Crippen molar-refractivity contribution in [3.05, 3.63) is 23.5 Å². The maximum Gasteiger partial charge on any atom is 0.422 e. The molecule has 3 unspecified atom stereocenters. The van der Waals surface area contributed by atoms with Crippen LogP contribution in [0.1, 0.15) is 29.0 Å². The van der Waals surface area contributed by atoms with Crippen molar-refractivity contribution in [2.75, 3.05) is 6.54 Å². The zero-order chi connectivity index (χ0) is 15.2. The number of nitrogens with zero attached hydrogens (tertiary/aromatic N) is 2. The van der Waals surface area contributed by atoms with Gasteiger partial charge in [-0.25, -0.2) is 4.98 Å². The van der Waals surface area contributed by atoms with Gasteiger partial charge in [-0.2, -0.15) is 22.5 Å². The lowest BCUT2D eigenvalue weighted by Crippen LogP contribution is -2.44. The Morgan fingerprint density at radius 3 is 2.67 bits per heavy atom. The van der Waals surface area contributed by atoms with E-state index in [1.54, 1.807) is 0 Å². The first-order valence-electron chi connectivity index (χ1n) is 6.48. The van der Waals surface area contributed by atoms with Crippen LogP contribution in [0.25, 0.3) is 0 Å². The van der Waals surface area contributed by atoms with E-state index in [9.17, 15) is 22.4 Å². The van der Waals surface area contributed by atoms with Gasteiger partial charge in [0.25, 0.3) is 5.91 Å². The highest BCUT2D eigenvalue weighted by molar-refractivity contribution is 5.90. The minimum absolute atomic E-state index is 0.0716. The normalized spacial score (nSPS) is 27.9. The van der Waals surface area contributed by atoms with Crippen LogP contribution >= 0.6 is 0 Å². The summed E-state index contributed by atoms with van der Waals surface area (Å²) in [5, 5.41) is 5.92. The van der Waals surface area contributed by atoms with Crippen molar-refractivity contribution in [1.29, 1.82) is 0 Å². The van der Waals surface area contributed by atoms with Crippen LogP contribution in [0.3, 0.4) is 0 Å². The summed E-state index contributed by atoms with van der Waals surface area (Å²) in [4.78, 5) is 18.2. The predicted octanol–water partition coefficient (Wildman–Crippen LogP) is 1.11. The molecule has 1 aromatic rings. The Labute approximate surface area is 117 Å². The molecule has 2 heterocycles. The molecule has 2 aliphatic rings. The summed E-state index contributed by atoms with van der Waals surface area (Å²) >= 11 is 0. The number of nitrogens with one attached hydrogen (secondary N) is 2. The van der Waals surface area contributed by atoms with E-state index in [1.807, 2.05) is 0 Å². The Bertz CT molecular complexity index is 577. The van der Waals surface area contributed by atoms with Crippen LogP contribution in [0.4, 0.5) is 17.6 Å². The van der Waals surface area contributed by atoms with Gasteiger partial charge in [0.05, 0.1) is 0 Å². The van der Waals surface area contributed by atoms with E-state index in [2.05, 4.69) is 20.6 Å². The number of aromatic nitrogens is 2. The number of carbonyl (C=O) groups excluding carboxylic acids is 1. The van der Waals surface area contributed by atoms with Gasteiger partial charge in [-0.15, -0.1) is 0 Å². The Hall–Kier alpha value is -1.77. The number of hydrogen-bond acceptors (Lipinski definition) is 4. The molecular formula is C12H12F4N4O. The van der Waals surface area contributed by atoms with Crippen molar-refractivity contribution < 1.29 is 22.4 Å². The summed E-state index contributed by atoms with van der Waals surface area (Å²) in [5.41, 5.74) is -1.58. The van der Waals surface area contributed by atoms with E-state index >= 15 is 0 Å². The van der Waals surface area contributed by atoms with E-state index < -0.39 is 29.4 Å². The highest BCUT2D eigenvalue weighted by atomic mass is 19.4. The molecule has 1 aliphatic carbocycles. The molecule has 5 nitrogen and oxygen atoms in total. The second kappa shape index (κ2) is 4.90. The average molecular weight is 304 g/mol. The van der Waals surface area contributed by atoms with Crippen LogP contribution in [0.5, 0.6) is 0 Å². The molecule has 9 heteroatoms. The van der Waals surface area contributed by atoms with Gasteiger partial charge in [-0.3, -0.25) is 4.79 Å². The lowest BCUT2D eigenvalue weighted by Gasteiger charge is -2.23. The summed E-state index contributed by atoms with van der Waals surface area (Å²) in [7, 11) is 0. The van der Waals surface area contributed by atoms with Gasteiger partial charge in [0.1, 0.15) is 5.56 Å². The summed E-state index contributed by atoms with van der Waals surface area (Å²) < 4.78 is 50.5. The zero-order valence-corrected chi connectivity index (χ0v) is 10.7. The van der Waals surface area contributed by atoms with Gasteiger partial charge in [-0.1, -0.05) is 0 Å². The molecule has 0 spiro atoms. The Morgan fingerprint density at radius 1 is 1.38 bits per heavy atom. The first-order valence-corrected chi connectivity index (χ1v) is 6.48. The van der Waals surface area contributed by atoms with Gasteiger partial charge < -0.3 is 10.6 Å². The maximum absolute atomic E-state index is 13.3. The number of halogens is 4. The van der Waals surface area contributed by atoms with Crippen molar-refractivity contribution in [3.63, 3.8) is 0 Å². The molecule has 3 atom stereocenters. The predicted molar refractivity (Wildman–Crippen MR) is 62.8 cm³/mol. The second-order valence-corrected chi connectivity index (χ2v) is 5.31. The second-order valence-electron chi connectivity index (χ2n) is 5.31. The number of carbonyl (C=O) groups is 1. The molecule has 2 N–H and O–H groups in total. The zero-order valence-electron chi connectivity index (χ0n) is 10.7. The fraction of sp³-hybridized carbons (Fsp3) is 0.583. The largest absolute Gasteiger partial charge is 0.422 e. The van der Waals surface area contributed by atoms with E-state index in [-0.39, 0.29) is 6.04 Å². The standard InChI is InChI=1S/C12H12F4N4O/c13-9-7(12(14,15)16)4-18-10(20-9)11(21)19-8-2-6-1-5(8)3-17-6/h4-6,8,17H,1-3H2,(H,19,21). The third-order valence-electron chi connectivity index (χ3n) is 3.93. The molecule has 1 amide bonds. The van der Waals surface area contributed by atoms with Crippen molar-refractivity contribution in [2.24, 2.45) is 5.92 Å². The maximum atomic E-state index is 13.3. The van der Waals surface area contributed by atoms with Gasteiger partial charge in [-0.05, 0) is 18.8 Å². The van der Waals surface area contributed by atoms with Crippen LogP contribution in [0.15, 0.2) is 6.20 Å². The number of fused-ring (bicyclic) bond motifs is 2. The van der Waals surface area contributed by atoms with Crippen LogP contribution in [-0.4, -0.2) is 34.5 Å². The number of amides is 1. The number of alkyl halides is 3. The minimum Gasteiger partial charge on any atom is -0.346 e. The van der Waals surface area contributed by atoms with Crippen molar-refractivity contribution >= 4 is 5.91 Å². The molecule has 1 saturated carbocycles. The monoisotopic (exact) mass is 304 g/mol. The van der Waals surface area contributed by atoms with E-state index in [4.69, 9.17) is 0 Å². The van der Waals surface area contributed by atoms with Crippen molar-refractivity contribution in [3.8, 4) is 0 Å². The number of piperidine rings is 1. The van der Waals surface area contributed by atoms with Crippen LogP contribution in [0.2, 0.25) is 0 Å². The molecule has 1 aromatic heterocycles. The molecule has 114 valence electrons. The molecule has 1 saturated heterocycles. The average Bonchev–Trinajstić information content (AvgIpc) is 2.99. The summed E-state index contributed by atoms with van der Waals surface area (Å²) in [6, 6.07) is 0.281. The lowest BCUT2D eigenvalue weighted by molar-refractivity contribution is -0.140. The fourth-order valence-electron chi connectivity index (χ4n) is 2.91. The first kappa shape index (κ1) is 14.2. The Morgan fingerprint density at radius 2 is 2.14 bits per heavy atom. The first-order chi connectivity index (χ1) is 9.84. The fourth-order valence-corrected chi connectivity index (χ4v) is 2.91. The van der Waals surface area contributed by atoms with E-state index in [0.29, 0.717) is 18.2 Å². The van der Waals surface area contributed by atoms with Gasteiger partial charge in [0.15, 0.2) is 0 Å². The molecule has 3 rings (SSSR count). The van der Waals surface area contributed by atoms with E-state index in [1.165, 1.54) is 0 Å². The van der Waals surface area contributed by atoms with Gasteiger partial charge >= 0.3 is 6.18 Å². The van der Waals surface area contributed by atoms with Gasteiger partial charge in [0, 0.05) is 24.8 Å². The smallest absolute Gasteiger partial charge is 0.346 e. The highest BCUT2D eigenvalue weighted by Gasteiger charge is 2.41. The molecular weight excluding hydrogens is 292 g/mol. The van der Waals surface area contributed by atoms with Crippen molar-refractivity contribution in [2.45, 2.75) is 31.1 Å². The Balaban J connectivity index is 1.72. The summed E-state index contributed by atoms with van der Waals surface area (Å²) in [6.07, 6.45) is -2.89. The van der Waals surface area contributed by atoms with E-state index in [0.717, 1.165) is 19.4 Å². The third-order valence-corrected chi connectivity index (χ3v) is 3.93. The third kappa shape index (κ3) is 2.69. The summed E-state index contributed by atoms with van der Waals surface area (Å²) in [5.74, 6) is -2.79. The topological polar surface area (TPSA) is 66.9 Å².